The third kappa shape index (κ3) is 3.78. The number of benzene rings is 1. The Bertz CT molecular complexity index is 992. The predicted octanol–water partition coefficient (Wildman–Crippen LogP) is 1.79. The highest BCUT2D eigenvalue weighted by Gasteiger charge is 2.29. The van der Waals surface area contributed by atoms with Crippen LogP contribution in [0.15, 0.2) is 27.5 Å². The van der Waals surface area contributed by atoms with Gasteiger partial charge in [-0.1, -0.05) is 6.92 Å². The number of sulfonamides is 1. The zero-order valence-electron chi connectivity index (χ0n) is 16.2. The van der Waals surface area contributed by atoms with Crippen molar-refractivity contribution in [3.63, 3.8) is 0 Å². The van der Waals surface area contributed by atoms with Gasteiger partial charge in [0, 0.05) is 13.1 Å². The summed E-state index contributed by atoms with van der Waals surface area (Å²) >= 11 is 5.46. The van der Waals surface area contributed by atoms with Gasteiger partial charge < -0.3 is 14.1 Å². The van der Waals surface area contributed by atoms with E-state index in [9.17, 15) is 8.42 Å². The molecule has 0 amide bonds. The predicted molar refractivity (Wildman–Crippen MR) is 108 cm³/mol. The summed E-state index contributed by atoms with van der Waals surface area (Å²) in [4.78, 5) is 2.19. The first-order valence-corrected chi connectivity index (χ1v) is 11.9. The van der Waals surface area contributed by atoms with Crippen LogP contribution in [0.25, 0.3) is 11.1 Å². The number of piperidine rings is 1. The number of hydrogen-bond acceptors (Lipinski definition) is 5. The molecule has 2 aromatic rings. The molecule has 0 aliphatic carbocycles. The Labute approximate surface area is 170 Å². The van der Waals surface area contributed by atoms with Gasteiger partial charge in [0.15, 0.2) is 12.3 Å². The lowest BCUT2D eigenvalue weighted by Crippen LogP contribution is -3.15. The van der Waals surface area contributed by atoms with Crippen molar-refractivity contribution in [3.8, 4) is 0 Å². The Kier molecular flexibility index (Phi) is 5.89. The van der Waals surface area contributed by atoms with Gasteiger partial charge in [-0.2, -0.15) is 4.31 Å². The minimum atomic E-state index is -3.55. The molecule has 1 N–H and O–H groups in total. The number of nitrogens with zero attached hydrogens (tertiary/aromatic N) is 2. The standard InChI is InChI=1S/C19H27N3O4S2/c1-2-15-5-3-4-8-20(15)14-22-17-13-16(6-7-18(17)26-19(22)27)28(23,24)21-9-11-25-12-10-21/h6-7,13,15H,2-5,8-12,14H2,1H3/p+1/t15-/m1/s1. The molecule has 2 fully saturated rings. The van der Waals surface area contributed by atoms with E-state index >= 15 is 0 Å². The fraction of sp³-hybridized carbons (Fsp3) is 0.632. The van der Waals surface area contributed by atoms with Gasteiger partial charge in [-0.3, -0.25) is 4.57 Å². The van der Waals surface area contributed by atoms with Crippen LogP contribution >= 0.6 is 12.2 Å². The topological polar surface area (TPSA) is 69.1 Å². The Balaban J connectivity index is 1.69. The molecule has 4 rings (SSSR count). The first kappa shape index (κ1) is 20.0. The Morgan fingerprint density at radius 3 is 2.79 bits per heavy atom. The lowest BCUT2D eigenvalue weighted by atomic mass is 10.0. The molecule has 2 aliphatic rings. The van der Waals surface area contributed by atoms with E-state index in [1.807, 2.05) is 4.57 Å². The van der Waals surface area contributed by atoms with Gasteiger partial charge in [-0.25, -0.2) is 8.42 Å². The fourth-order valence-electron chi connectivity index (χ4n) is 4.34. The van der Waals surface area contributed by atoms with Crippen LogP contribution < -0.4 is 4.90 Å². The van der Waals surface area contributed by atoms with E-state index in [4.69, 9.17) is 21.4 Å². The summed E-state index contributed by atoms with van der Waals surface area (Å²) in [7, 11) is -3.55. The van der Waals surface area contributed by atoms with Crippen LogP contribution in [0.4, 0.5) is 0 Å². The van der Waals surface area contributed by atoms with Crippen molar-refractivity contribution in [3.05, 3.63) is 23.0 Å². The monoisotopic (exact) mass is 426 g/mol. The molecule has 7 nitrogen and oxygen atoms in total. The fourth-order valence-corrected chi connectivity index (χ4v) is 6.02. The molecule has 0 saturated carbocycles. The molecular weight excluding hydrogens is 398 g/mol. The van der Waals surface area contributed by atoms with Crippen molar-refractivity contribution in [2.24, 2.45) is 0 Å². The molecule has 2 atom stereocenters. The van der Waals surface area contributed by atoms with Gasteiger partial charge in [-0.15, -0.1) is 0 Å². The molecule has 9 heteroatoms. The maximum Gasteiger partial charge on any atom is 0.274 e. The zero-order chi connectivity index (χ0) is 19.7. The summed E-state index contributed by atoms with van der Waals surface area (Å²) in [5.74, 6) is 0. The van der Waals surface area contributed by atoms with Gasteiger partial charge in [0.05, 0.1) is 36.2 Å². The maximum atomic E-state index is 13.0. The van der Waals surface area contributed by atoms with E-state index in [-0.39, 0.29) is 4.90 Å². The summed E-state index contributed by atoms with van der Waals surface area (Å²) in [6, 6.07) is 5.65. The first-order chi connectivity index (χ1) is 13.5. The average Bonchev–Trinajstić information content (AvgIpc) is 3.03. The number of rotatable bonds is 5. The number of nitrogens with one attached hydrogen (secondary N) is 1. The van der Waals surface area contributed by atoms with Crippen molar-refractivity contribution < 1.29 is 22.5 Å². The molecule has 0 spiro atoms. The van der Waals surface area contributed by atoms with Crippen LogP contribution in [-0.2, 0) is 21.4 Å². The lowest BCUT2D eigenvalue weighted by Gasteiger charge is -2.32. The van der Waals surface area contributed by atoms with E-state index < -0.39 is 10.0 Å². The third-order valence-corrected chi connectivity index (χ3v) is 8.18. The number of likely N-dealkylation sites (tertiary alicyclic amines) is 1. The second-order valence-corrected chi connectivity index (χ2v) is 9.90. The van der Waals surface area contributed by atoms with Crippen LogP contribution in [-0.4, -0.2) is 56.2 Å². The van der Waals surface area contributed by atoms with Crippen LogP contribution in [0, 0.1) is 4.84 Å². The molecule has 3 heterocycles. The highest BCUT2D eigenvalue weighted by molar-refractivity contribution is 7.89. The first-order valence-electron chi connectivity index (χ1n) is 10.1. The Morgan fingerprint density at radius 2 is 2.04 bits per heavy atom. The van der Waals surface area contributed by atoms with Crippen molar-refractivity contribution in [1.29, 1.82) is 0 Å². The van der Waals surface area contributed by atoms with Gasteiger partial charge in [-0.05, 0) is 56.1 Å². The summed E-state index contributed by atoms with van der Waals surface area (Å²) in [6.45, 7) is 5.68. The highest BCUT2D eigenvalue weighted by atomic mass is 32.2. The summed E-state index contributed by atoms with van der Waals surface area (Å²) in [6.07, 6.45) is 4.85. The van der Waals surface area contributed by atoms with Crippen LogP contribution in [0.5, 0.6) is 0 Å². The van der Waals surface area contributed by atoms with E-state index in [2.05, 4.69) is 6.92 Å². The van der Waals surface area contributed by atoms with Crippen molar-refractivity contribution >= 4 is 33.3 Å². The second-order valence-electron chi connectivity index (χ2n) is 7.61. The highest BCUT2D eigenvalue weighted by Crippen LogP contribution is 2.24. The number of quaternary nitrogens is 1. The molecule has 154 valence electrons. The molecule has 1 unspecified atom stereocenters. The SMILES string of the molecule is CC[C@@H]1CCCC[NH+]1Cn1c(=S)oc2ccc(S(=O)(=O)N3CCOCC3)cc21. The number of fused-ring (bicyclic) bond motifs is 1. The summed E-state index contributed by atoms with van der Waals surface area (Å²) in [5.41, 5.74) is 1.39. The van der Waals surface area contributed by atoms with E-state index in [0.717, 1.165) is 18.5 Å². The second kappa shape index (κ2) is 8.23. The van der Waals surface area contributed by atoms with Crippen molar-refractivity contribution in [1.82, 2.24) is 8.87 Å². The van der Waals surface area contributed by atoms with Gasteiger partial charge in [0.2, 0.25) is 10.0 Å². The Morgan fingerprint density at radius 1 is 1.25 bits per heavy atom. The summed E-state index contributed by atoms with van der Waals surface area (Å²) < 4.78 is 40.6. The molecule has 28 heavy (non-hydrogen) atoms. The van der Waals surface area contributed by atoms with Gasteiger partial charge in [0.25, 0.3) is 4.84 Å². The minimum Gasteiger partial charge on any atom is -0.429 e. The van der Waals surface area contributed by atoms with E-state index in [1.54, 1.807) is 18.2 Å². The average molecular weight is 427 g/mol. The largest absolute Gasteiger partial charge is 0.429 e. The van der Waals surface area contributed by atoms with Gasteiger partial charge >= 0.3 is 0 Å². The number of ether oxygens (including phenoxy) is 1. The molecule has 0 radical (unpaired) electrons. The lowest BCUT2D eigenvalue weighted by molar-refractivity contribution is -0.952. The zero-order valence-corrected chi connectivity index (χ0v) is 17.9. The van der Waals surface area contributed by atoms with Crippen LogP contribution in [0.3, 0.4) is 0 Å². The maximum absolute atomic E-state index is 13.0. The number of aromatic nitrogens is 1. The van der Waals surface area contributed by atoms with E-state index in [1.165, 1.54) is 28.5 Å². The molecule has 1 aromatic heterocycles. The molecule has 2 saturated heterocycles. The molecule has 2 aliphatic heterocycles. The molecule has 1 aromatic carbocycles. The van der Waals surface area contributed by atoms with Gasteiger partial charge in [0.1, 0.15) is 0 Å². The van der Waals surface area contributed by atoms with E-state index in [0.29, 0.717) is 49.4 Å². The van der Waals surface area contributed by atoms with Crippen molar-refractivity contribution in [2.75, 3.05) is 32.8 Å². The normalized spacial score (nSPS) is 24.6. The third-order valence-electron chi connectivity index (χ3n) is 5.98. The van der Waals surface area contributed by atoms with Crippen LogP contribution in [0.2, 0.25) is 0 Å². The van der Waals surface area contributed by atoms with Crippen LogP contribution in [0.1, 0.15) is 32.6 Å². The molecule has 0 bridgehead atoms. The number of hydrogen-bond donors (Lipinski definition) is 1. The Hall–Kier alpha value is -1.26. The van der Waals surface area contributed by atoms with Crippen molar-refractivity contribution in [2.45, 2.75) is 50.2 Å². The smallest absolute Gasteiger partial charge is 0.274 e. The number of morpholine rings is 1. The number of oxazole rings is 1. The summed E-state index contributed by atoms with van der Waals surface area (Å²) in [5, 5.41) is 0. The molecular formula is C19H28N3O4S2+. The minimum absolute atomic E-state index is 0.284. The quantitative estimate of drug-likeness (QED) is 0.739.